The fourth-order valence-electron chi connectivity index (χ4n) is 4.61. The van der Waals surface area contributed by atoms with Gasteiger partial charge in [0.15, 0.2) is 0 Å². The van der Waals surface area contributed by atoms with Crippen LogP contribution < -0.4 is 5.32 Å². The molecule has 4 nitrogen and oxygen atoms in total. The minimum absolute atomic E-state index is 0.361. The first-order valence-electron chi connectivity index (χ1n) is 11.7. The number of thiophene rings is 1. The molecule has 1 unspecified atom stereocenters. The van der Waals surface area contributed by atoms with Gasteiger partial charge in [-0.2, -0.15) is 0 Å². The van der Waals surface area contributed by atoms with E-state index in [-0.39, 0.29) is 0 Å². The number of hydrogen-bond acceptors (Lipinski definition) is 5. The maximum atomic E-state index is 5.51. The summed E-state index contributed by atoms with van der Waals surface area (Å²) in [5.41, 5.74) is 6.45. The minimum atomic E-state index is 0.361. The molecule has 5 heteroatoms. The molecule has 1 N–H and O–H groups in total. The number of nitrogens with zero attached hydrogens (tertiary/aromatic N) is 2. The van der Waals surface area contributed by atoms with Gasteiger partial charge in [-0.25, -0.2) is 4.98 Å². The molecule has 0 aliphatic carbocycles. The van der Waals surface area contributed by atoms with Crippen molar-refractivity contribution in [1.82, 2.24) is 9.88 Å². The second kappa shape index (κ2) is 9.64. The highest BCUT2D eigenvalue weighted by Gasteiger charge is 2.22. The third kappa shape index (κ3) is 4.81. The fraction of sp³-hybridized carbons (Fsp3) is 0.321. The lowest BCUT2D eigenvalue weighted by molar-refractivity contribution is 0.107. The van der Waals surface area contributed by atoms with E-state index in [1.807, 2.05) is 6.20 Å². The Morgan fingerprint density at radius 2 is 1.88 bits per heavy atom. The second-order valence-electron chi connectivity index (χ2n) is 8.87. The Labute approximate surface area is 200 Å². The monoisotopic (exact) mass is 457 g/mol. The highest BCUT2D eigenvalue weighted by molar-refractivity contribution is 7.23. The third-order valence-electron chi connectivity index (χ3n) is 6.67. The molecule has 2 aromatic heterocycles. The van der Waals surface area contributed by atoms with Gasteiger partial charge in [0, 0.05) is 37.6 Å². The van der Waals surface area contributed by atoms with E-state index < -0.39 is 0 Å². The molecule has 4 aromatic rings. The number of aryl methyl sites for hydroxylation is 2. The van der Waals surface area contributed by atoms with Gasteiger partial charge in [0.05, 0.1) is 11.1 Å². The molecule has 5 rings (SSSR count). The maximum absolute atomic E-state index is 5.51. The summed E-state index contributed by atoms with van der Waals surface area (Å²) in [5, 5.41) is 6.05. The number of likely N-dealkylation sites (tertiary alicyclic amines) is 1. The van der Waals surface area contributed by atoms with E-state index >= 15 is 0 Å². The van der Waals surface area contributed by atoms with Gasteiger partial charge in [-0.3, -0.25) is 4.90 Å². The number of methoxy groups -OCH3 is 1. The maximum Gasteiger partial charge on any atom is 0.131 e. The lowest BCUT2D eigenvalue weighted by Gasteiger charge is -2.16. The van der Waals surface area contributed by atoms with Gasteiger partial charge in [0.1, 0.15) is 5.82 Å². The summed E-state index contributed by atoms with van der Waals surface area (Å²) in [6.45, 7) is 7.40. The average Bonchev–Trinajstić information content (AvgIpc) is 3.43. The van der Waals surface area contributed by atoms with Gasteiger partial charge in [-0.1, -0.05) is 43.3 Å². The predicted molar refractivity (Wildman–Crippen MR) is 140 cm³/mol. The number of hydrogen-bond donors (Lipinski definition) is 1. The standard InChI is InChI=1S/C28H31N3OS/c1-4-20-5-7-22(8-6-20)23-9-10-25-19(2)28(33-26(25)16-23)30-27-15-21(11-13-29-27)17-31-14-12-24(18-31)32-3/h5-11,13,15-16,24H,4,12,14,17-18H2,1-3H3,(H,29,30). The number of pyridine rings is 1. The summed E-state index contributed by atoms with van der Waals surface area (Å²) >= 11 is 1.80. The largest absolute Gasteiger partial charge is 0.380 e. The summed E-state index contributed by atoms with van der Waals surface area (Å²) < 4.78 is 6.80. The Bertz CT molecular complexity index is 1250. The first-order valence-corrected chi connectivity index (χ1v) is 12.5. The summed E-state index contributed by atoms with van der Waals surface area (Å²) in [7, 11) is 1.81. The summed E-state index contributed by atoms with van der Waals surface area (Å²) in [4.78, 5) is 7.04. The van der Waals surface area contributed by atoms with Crippen LogP contribution in [0.15, 0.2) is 60.8 Å². The van der Waals surface area contributed by atoms with Gasteiger partial charge in [0.2, 0.25) is 0 Å². The normalized spacial score (nSPS) is 16.5. The topological polar surface area (TPSA) is 37.4 Å². The van der Waals surface area contributed by atoms with E-state index in [9.17, 15) is 0 Å². The molecule has 0 amide bonds. The summed E-state index contributed by atoms with van der Waals surface area (Å²) in [5.74, 6) is 0.903. The van der Waals surface area contributed by atoms with Crippen molar-refractivity contribution in [3.05, 3.63) is 77.5 Å². The Morgan fingerprint density at radius 1 is 1.06 bits per heavy atom. The van der Waals surface area contributed by atoms with Crippen molar-refractivity contribution in [3.63, 3.8) is 0 Å². The molecule has 3 heterocycles. The molecule has 1 aliphatic rings. The lowest BCUT2D eigenvalue weighted by atomic mass is 10.0. The Balaban J connectivity index is 1.35. The highest BCUT2D eigenvalue weighted by atomic mass is 32.1. The zero-order valence-corrected chi connectivity index (χ0v) is 20.4. The van der Waals surface area contributed by atoms with Gasteiger partial charge >= 0.3 is 0 Å². The van der Waals surface area contributed by atoms with Crippen LogP contribution in [0.2, 0.25) is 0 Å². The van der Waals surface area contributed by atoms with E-state index in [4.69, 9.17) is 4.74 Å². The summed E-state index contributed by atoms with van der Waals surface area (Å²) in [6, 6.07) is 20.0. The molecule has 170 valence electrons. The Kier molecular flexibility index (Phi) is 6.45. The van der Waals surface area contributed by atoms with Crippen LogP contribution in [-0.2, 0) is 17.7 Å². The fourth-order valence-corrected chi connectivity index (χ4v) is 5.76. The number of fused-ring (bicyclic) bond motifs is 1. The van der Waals surface area contributed by atoms with Crippen molar-refractivity contribution < 1.29 is 4.74 Å². The van der Waals surface area contributed by atoms with Crippen molar-refractivity contribution in [2.24, 2.45) is 0 Å². The molecule has 2 aromatic carbocycles. The van der Waals surface area contributed by atoms with Crippen molar-refractivity contribution in [2.45, 2.75) is 39.3 Å². The zero-order valence-electron chi connectivity index (χ0n) is 19.6. The first kappa shape index (κ1) is 22.1. The Morgan fingerprint density at radius 3 is 2.64 bits per heavy atom. The third-order valence-corrected chi connectivity index (χ3v) is 7.84. The van der Waals surface area contributed by atoms with Gasteiger partial charge in [0.25, 0.3) is 0 Å². The van der Waals surface area contributed by atoms with E-state index in [0.29, 0.717) is 6.10 Å². The highest BCUT2D eigenvalue weighted by Crippen LogP contribution is 2.38. The van der Waals surface area contributed by atoms with Crippen LogP contribution in [0.4, 0.5) is 10.8 Å². The van der Waals surface area contributed by atoms with Crippen LogP contribution in [0.25, 0.3) is 21.2 Å². The van der Waals surface area contributed by atoms with Crippen molar-refractivity contribution >= 4 is 32.2 Å². The van der Waals surface area contributed by atoms with Crippen LogP contribution >= 0.6 is 11.3 Å². The molecule has 1 saturated heterocycles. The molecule has 0 bridgehead atoms. The molecule has 1 aliphatic heterocycles. The molecule has 0 spiro atoms. The lowest BCUT2D eigenvalue weighted by Crippen LogP contribution is -2.22. The Hall–Kier alpha value is -2.73. The average molecular weight is 458 g/mol. The van der Waals surface area contributed by atoms with Gasteiger partial charge < -0.3 is 10.1 Å². The number of ether oxygens (including phenoxy) is 1. The molecule has 1 fully saturated rings. The molecule has 1 atom stereocenters. The molecule has 0 radical (unpaired) electrons. The van der Waals surface area contributed by atoms with Crippen LogP contribution in [0.5, 0.6) is 0 Å². The van der Waals surface area contributed by atoms with E-state index in [2.05, 4.69) is 83.6 Å². The van der Waals surface area contributed by atoms with E-state index in [0.717, 1.165) is 43.3 Å². The molecule has 33 heavy (non-hydrogen) atoms. The number of rotatable bonds is 7. The summed E-state index contributed by atoms with van der Waals surface area (Å²) in [6.07, 6.45) is 4.44. The van der Waals surface area contributed by atoms with Crippen LogP contribution in [0.3, 0.4) is 0 Å². The second-order valence-corrected chi connectivity index (χ2v) is 9.93. The van der Waals surface area contributed by atoms with Crippen LogP contribution in [-0.4, -0.2) is 36.2 Å². The number of nitrogens with one attached hydrogen (secondary N) is 1. The number of aromatic nitrogens is 1. The van der Waals surface area contributed by atoms with Gasteiger partial charge in [-0.15, -0.1) is 11.3 Å². The van der Waals surface area contributed by atoms with Crippen molar-refractivity contribution in [3.8, 4) is 11.1 Å². The number of benzene rings is 2. The van der Waals surface area contributed by atoms with Crippen molar-refractivity contribution in [2.75, 3.05) is 25.5 Å². The van der Waals surface area contributed by atoms with Crippen LogP contribution in [0.1, 0.15) is 30.0 Å². The molecule has 0 saturated carbocycles. The van der Waals surface area contributed by atoms with Gasteiger partial charge in [-0.05, 0) is 71.2 Å². The minimum Gasteiger partial charge on any atom is -0.380 e. The smallest absolute Gasteiger partial charge is 0.131 e. The number of anilines is 2. The SMILES string of the molecule is CCc1ccc(-c2ccc3c(C)c(Nc4cc(CN5CCC(OC)C5)ccn4)sc3c2)cc1. The molecular weight excluding hydrogens is 426 g/mol. The van der Waals surface area contributed by atoms with Crippen molar-refractivity contribution in [1.29, 1.82) is 0 Å². The predicted octanol–water partition coefficient (Wildman–Crippen LogP) is 6.80. The van der Waals surface area contributed by atoms with Crippen LogP contribution in [0, 0.1) is 6.92 Å². The molecular formula is C28H31N3OS. The zero-order chi connectivity index (χ0) is 22.8. The quantitative estimate of drug-likeness (QED) is 0.331. The van der Waals surface area contributed by atoms with E-state index in [1.165, 1.54) is 37.9 Å². The van der Waals surface area contributed by atoms with E-state index in [1.54, 1.807) is 18.4 Å². The first-order chi connectivity index (χ1) is 16.1.